The molecule has 0 spiro atoms. The van der Waals surface area contributed by atoms with Crippen LogP contribution in [0.25, 0.3) is 0 Å². The normalized spacial score (nSPS) is 10.6. The minimum Gasteiger partial charge on any atom is -0.490 e. The topological polar surface area (TPSA) is 67.8 Å². The van der Waals surface area contributed by atoms with Gasteiger partial charge in [0.15, 0.2) is 11.5 Å². The molecular formula is C24H23BrFNO4. The number of carbonyl (C=O) groups is 1. The molecule has 0 bridgehead atoms. The van der Waals surface area contributed by atoms with Crippen LogP contribution in [0.5, 0.6) is 11.5 Å². The fraction of sp³-hybridized carbons (Fsp3) is 0.208. The lowest BCUT2D eigenvalue weighted by molar-refractivity contribution is 0.0697. The van der Waals surface area contributed by atoms with Crippen molar-refractivity contribution in [3.05, 3.63) is 87.1 Å². The van der Waals surface area contributed by atoms with Gasteiger partial charge in [-0.2, -0.15) is 0 Å². The Balaban J connectivity index is 1.77. The number of ether oxygens (including phenoxy) is 2. The molecule has 0 aliphatic carbocycles. The van der Waals surface area contributed by atoms with Crippen molar-refractivity contribution >= 4 is 27.6 Å². The highest BCUT2D eigenvalue weighted by Crippen LogP contribution is 2.35. The van der Waals surface area contributed by atoms with E-state index in [1.165, 1.54) is 12.1 Å². The lowest BCUT2D eigenvalue weighted by Gasteiger charge is -2.16. The summed E-state index contributed by atoms with van der Waals surface area (Å²) >= 11 is 3.58. The van der Waals surface area contributed by atoms with E-state index in [1.54, 1.807) is 30.3 Å². The predicted octanol–water partition coefficient (Wildman–Crippen LogP) is 6.18. The van der Waals surface area contributed by atoms with Crippen molar-refractivity contribution in [2.75, 3.05) is 11.9 Å². The van der Waals surface area contributed by atoms with Crippen LogP contribution < -0.4 is 14.8 Å². The second-order valence-electron chi connectivity index (χ2n) is 6.93. The lowest BCUT2D eigenvalue weighted by Crippen LogP contribution is -2.06. The number of hydrogen-bond donors (Lipinski definition) is 2. The summed E-state index contributed by atoms with van der Waals surface area (Å²) in [5, 5.41) is 12.5. The van der Waals surface area contributed by atoms with E-state index in [4.69, 9.17) is 9.47 Å². The van der Waals surface area contributed by atoms with E-state index >= 15 is 0 Å². The number of nitrogens with one attached hydrogen (secondary N) is 1. The molecule has 0 fully saturated rings. The van der Waals surface area contributed by atoms with Gasteiger partial charge in [-0.1, -0.05) is 34.1 Å². The van der Waals surface area contributed by atoms with E-state index in [2.05, 4.69) is 21.2 Å². The van der Waals surface area contributed by atoms with E-state index in [0.29, 0.717) is 24.7 Å². The monoisotopic (exact) mass is 487 g/mol. The van der Waals surface area contributed by atoms with Gasteiger partial charge < -0.3 is 19.9 Å². The van der Waals surface area contributed by atoms with E-state index < -0.39 is 5.97 Å². The maximum absolute atomic E-state index is 13.1. The van der Waals surface area contributed by atoms with E-state index in [0.717, 1.165) is 26.9 Å². The maximum atomic E-state index is 13.1. The van der Waals surface area contributed by atoms with E-state index in [9.17, 15) is 14.3 Å². The van der Waals surface area contributed by atoms with Crippen LogP contribution in [0.1, 0.15) is 34.0 Å². The molecule has 3 aromatic carbocycles. The SMILES string of the molecule is CCOc1cc(CNc2cc(C(=O)O)ccc2C)c(Br)cc1OCc1ccc(F)cc1. The summed E-state index contributed by atoms with van der Waals surface area (Å²) in [6.07, 6.45) is 0. The number of carboxylic acid groups (broad SMARTS) is 1. The van der Waals surface area contributed by atoms with Crippen LogP contribution in [0.4, 0.5) is 10.1 Å². The highest BCUT2D eigenvalue weighted by Gasteiger charge is 2.13. The average molecular weight is 488 g/mol. The summed E-state index contributed by atoms with van der Waals surface area (Å²) in [5.41, 5.74) is 3.70. The molecule has 7 heteroatoms. The molecule has 0 saturated heterocycles. The minimum absolute atomic E-state index is 0.228. The number of carboxylic acids is 1. The van der Waals surface area contributed by atoms with Crippen LogP contribution in [0, 0.1) is 12.7 Å². The molecule has 162 valence electrons. The third-order valence-electron chi connectivity index (χ3n) is 4.67. The van der Waals surface area contributed by atoms with Crippen LogP contribution in [0.3, 0.4) is 0 Å². The summed E-state index contributed by atoms with van der Waals surface area (Å²) < 4.78 is 25.6. The Morgan fingerprint density at radius 1 is 1.06 bits per heavy atom. The van der Waals surface area contributed by atoms with E-state index in [-0.39, 0.29) is 18.0 Å². The maximum Gasteiger partial charge on any atom is 0.335 e. The van der Waals surface area contributed by atoms with Gasteiger partial charge in [-0.3, -0.25) is 0 Å². The van der Waals surface area contributed by atoms with Gasteiger partial charge in [0, 0.05) is 16.7 Å². The van der Waals surface area contributed by atoms with Crippen LogP contribution in [0.15, 0.2) is 59.1 Å². The average Bonchev–Trinajstić information content (AvgIpc) is 2.74. The molecule has 0 unspecified atom stereocenters. The van der Waals surface area contributed by atoms with Crippen LogP contribution in [-0.4, -0.2) is 17.7 Å². The standard InChI is InChI=1S/C24H23BrFNO4/c1-3-30-22-11-18(13-27-21-10-17(24(28)29)7-4-15(21)2)20(25)12-23(22)31-14-16-5-8-19(26)9-6-16/h4-12,27H,3,13-14H2,1-2H3,(H,28,29). The number of hydrogen-bond acceptors (Lipinski definition) is 4. The van der Waals surface area contributed by atoms with Crippen LogP contribution >= 0.6 is 15.9 Å². The van der Waals surface area contributed by atoms with Gasteiger partial charge in [0.25, 0.3) is 0 Å². The second-order valence-corrected chi connectivity index (χ2v) is 7.78. The molecule has 0 atom stereocenters. The molecule has 0 aliphatic heterocycles. The summed E-state index contributed by atoms with van der Waals surface area (Å²) in [5.74, 6) is -0.0838. The third-order valence-corrected chi connectivity index (χ3v) is 5.41. The Bertz CT molecular complexity index is 1070. The first-order valence-corrected chi connectivity index (χ1v) is 10.6. The van der Waals surface area contributed by atoms with Crippen molar-refractivity contribution in [3.63, 3.8) is 0 Å². The lowest BCUT2D eigenvalue weighted by atomic mass is 10.1. The second kappa shape index (κ2) is 10.3. The molecule has 0 aromatic heterocycles. The summed E-state index contributed by atoms with van der Waals surface area (Å²) in [6.45, 7) is 5.03. The predicted molar refractivity (Wildman–Crippen MR) is 122 cm³/mol. The number of benzene rings is 3. The smallest absolute Gasteiger partial charge is 0.335 e. The van der Waals surface area contributed by atoms with Gasteiger partial charge >= 0.3 is 5.97 Å². The van der Waals surface area contributed by atoms with Crippen molar-refractivity contribution < 1.29 is 23.8 Å². The molecule has 0 radical (unpaired) electrons. The van der Waals surface area contributed by atoms with Crippen molar-refractivity contribution in [1.29, 1.82) is 0 Å². The molecule has 3 rings (SSSR count). The van der Waals surface area contributed by atoms with Gasteiger partial charge in [0.05, 0.1) is 12.2 Å². The Kier molecular flexibility index (Phi) is 7.52. The number of aryl methyl sites for hydroxylation is 1. The Morgan fingerprint density at radius 2 is 1.77 bits per heavy atom. The third kappa shape index (κ3) is 5.98. The first-order chi connectivity index (χ1) is 14.9. The van der Waals surface area contributed by atoms with Crippen molar-refractivity contribution in [2.45, 2.75) is 27.0 Å². The number of rotatable bonds is 9. The Labute approximate surface area is 189 Å². The number of aromatic carboxylic acids is 1. The molecule has 31 heavy (non-hydrogen) atoms. The summed E-state index contributed by atoms with van der Waals surface area (Å²) in [6, 6.07) is 14.9. The van der Waals surface area contributed by atoms with Crippen molar-refractivity contribution in [2.24, 2.45) is 0 Å². The van der Waals surface area contributed by atoms with Crippen LogP contribution in [-0.2, 0) is 13.2 Å². The molecule has 3 aromatic rings. The Hall–Kier alpha value is -3.06. The number of halogens is 2. The molecule has 2 N–H and O–H groups in total. The quantitative estimate of drug-likeness (QED) is 0.376. The molecular weight excluding hydrogens is 465 g/mol. The van der Waals surface area contributed by atoms with Crippen LogP contribution in [0.2, 0.25) is 0 Å². The Morgan fingerprint density at radius 3 is 2.45 bits per heavy atom. The molecule has 0 aliphatic rings. The highest BCUT2D eigenvalue weighted by atomic mass is 79.9. The molecule has 0 amide bonds. The summed E-state index contributed by atoms with van der Waals surface area (Å²) in [7, 11) is 0. The molecule has 5 nitrogen and oxygen atoms in total. The fourth-order valence-corrected chi connectivity index (χ4v) is 3.43. The summed E-state index contributed by atoms with van der Waals surface area (Å²) in [4.78, 5) is 11.2. The van der Waals surface area contributed by atoms with Gasteiger partial charge in [-0.25, -0.2) is 9.18 Å². The van der Waals surface area contributed by atoms with E-state index in [1.807, 2.05) is 26.0 Å². The largest absolute Gasteiger partial charge is 0.490 e. The first-order valence-electron chi connectivity index (χ1n) is 9.77. The zero-order valence-corrected chi connectivity index (χ0v) is 18.8. The van der Waals surface area contributed by atoms with Gasteiger partial charge in [-0.05, 0) is 66.9 Å². The molecule has 0 heterocycles. The van der Waals surface area contributed by atoms with Gasteiger partial charge in [0.2, 0.25) is 0 Å². The first kappa shape index (κ1) is 22.6. The number of anilines is 1. The zero-order valence-electron chi connectivity index (χ0n) is 17.2. The fourth-order valence-electron chi connectivity index (χ4n) is 2.97. The van der Waals surface area contributed by atoms with Gasteiger partial charge in [0.1, 0.15) is 12.4 Å². The van der Waals surface area contributed by atoms with Gasteiger partial charge in [-0.15, -0.1) is 0 Å². The zero-order chi connectivity index (χ0) is 22.4. The minimum atomic E-state index is -0.967. The van der Waals surface area contributed by atoms with Crippen molar-refractivity contribution in [1.82, 2.24) is 0 Å². The van der Waals surface area contributed by atoms with Crippen molar-refractivity contribution in [3.8, 4) is 11.5 Å². The molecule has 0 saturated carbocycles. The highest BCUT2D eigenvalue weighted by molar-refractivity contribution is 9.10.